The second-order valence-electron chi connectivity index (χ2n) is 3.74. The van der Waals surface area contributed by atoms with E-state index in [4.69, 9.17) is 10.5 Å². The molecule has 84 valence electrons. The van der Waals surface area contributed by atoms with Gasteiger partial charge in [0.2, 0.25) is 5.88 Å². The fourth-order valence-electron chi connectivity index (χ4n) is 1.66. The van der Waals surface area contributed by atoms with Gasteiger partial charge < -0.3 is 14.9 Å². The van der Waals surface area contributed by atoms with Crippen molar-refractivity contribution < 1.29 is 4.74 Å². The van der Waals surface area contributed by atoms with Crippen LogP contribution in [0.15, 0.2) is 55.0 Å². The maximum absolute atomic E-state index is 5.63. The highest BCUT2D eigenvalue weighted by Crippen LogP contribution is 2.22. The van der Waals surface area contributed by atoms with Gasteiger partial charge in [-0.25, -0.2) is 4.98 Å². The maximum atomic E-state index is 5.63. The van der Waals surface area contributed by atoms with E-state index < -0.39 is 0 Å². The Hall–Kier alpha value is -2.49. The highest BCUT2D eigenvalue weighted by molar-refractivity contribution is 5.53. The Morgan fingerprint density at radius 3 is 2.88 bits per heavy atom. The zero-order chi connectivity index (χ0) is 11.7. The second-order valence-corrected chi connectivity index (χ2v) is 3.74. The Labute approximate surface area is 98.3 Å². The van der Waals surface area contributed by atoms with Crippen LogP contribution in [0.3, 0.4) is 0 Å². The topological polar surface area (TPSA) is 52.5 Å². The largest absolute Gasteiger partial charge is 0.437 e. The monoisotopic (exact) mass is 225 g/mol. The molecule has 0 amide bonds. The van der Waals surface area contributed by atoms with Gasteiger partial charge in [-0.05, 0) is 18.2 Å². The van der Waals surface area contributed by atoms with Crippen LogP contribution in [0.25, 0.3) is 5.52 Å². The molecule has 3 heterocycles. The summed E-state index contributed by atoms with van der Waals surface area (Å²) in [5.74, 6) is 1.29. The summed E-state index contributed by atoms with van der Waals surface area (Å²) in [6.07, 6.45) is 5.46. The Morgan fingerprint density at radius 1 is 1.18 bits per heavy atom. The number of nitrogens with zero attached hydrogens (tertiary/aromatic N) is 2. The molecule has 0 fully saturated rings. The van der Waals surface area contributed by atoms with Crippen LogP contribution in [0, 0.1) is 0 Å². The van der Waals surface area contributed by atoms with Crippen molar-refractivity contribution >= 4 is 11.2 Å². The lowest BCUT2D eigenvalue weighted by molar-refractivity contribution is 0.463. The first-order valence-electron chi connectivity index (χ1n) is 5.27. The molecule has 0 bridgehead atoms. The predicted octanol–water partition coefficient (Wildman–Crippen LogP) is 2.71. The molecule has 3 aromatic rings. The zero-order valence-electron chi connectivity index (χ0n) is 9.08. The zero-order valence-corrected chi connectivity index (χ0v) is 9.08. The molecule has 3 aromatic heterocycles. The molecule has 4 heteroatoms. The van der Waals surface area contributed by atoms with Crippen molar-refractivity contribution in [2.24, 2.45) is 0 Å². The molecular weight excluding hydrogens is 214 g/mol. The molecule has 3 rings (SSSR count). The summed E-state index contributed by atoms with van der Waals surface area (Å²) < 4.78 is 7.62. The Bertz CT molecular complexity index is 610. The molecule has 0 aliphatic carbocycles. The van der Waals surface area contributed by atoms with Crippen LogP contribution < -0.4 is 10.5 Å². The molecule has 4 nitrogen and oxygen atoms in total. The number of pyridine rings is 2. The van der Waals surface area contributed by atoms with Crippen molar-refractivity contribution in [3.8, 4) is 11.6 Å². The molecule has 0 saturated heterocycles. The molecule has 0 spiro atoms. The van der Waals surface area contributed by atoms with Crippen LogP contribution in [-0.4, -0.2) is 9.38 Å². The van der Waals surface area contributed by atoms with Gasteiger partial charge in [-0.15, -0.1) is 0 Å². The number of rotatable bonds is 2. The van der Waals surface area contributed by atoms with Crippen molar-refractivity contribution in [3.05, 3.63) is 55.0 Å². The lowest BCUT2D eigenvalue weighted by Crippen LogP contribution is -1.89. The van der Waals surface area contributed by atoms with E-state index in [1.54, 1.807) is 18.3 Å². The minimum atomic E-state index is 0.537. The van der Waals surface area contributed by atoms with Gasteiger partial charge in [-0.3, -0.25) is 0 Å². The SMILES string of the molecule is Nc1ccc(Oc2cc3ccccn3c2)nc1. The van der Waals surface area contributed by atoms with Gasteiger partial charge in [0.15, 0.2) is 0 Å². The normalized spacial score (nSPS) is 10.6. The smallest absolute Gasteiger partial charge is 0.219 e. The quantitative estimate of drug-likeness (QED) is 0.729. The van der Waals surface area contributed by atoms with Gasteiger partial charge in [0.25, 0.3) is 0 Å². The predicted molar refractivity (Wildman–Crippen MR) is 66.1 cm³/mol. The molecule has 0 aliphatic rings. The van der Waals surface area contributed by atoms with E-state index in [1.165, 1.54) is 0 Å². The van der Waals surface area contributed by atoms with Gasteiger partial charge in [-0.1, -0.05) is 6.07 Å². The Kier molecular flexibility index (Phi) is 2.19. The van der Waals surface area contributed by atoms with Crippen molar-refractivity contribution in [1.82, 2.24) is 9.38 Å². The van der Waals surface area contributed by atoms with Gasteiger partial charge in [0, 0.05) is 23.8 Å². The van der Waals surface area contributed by atoms with Gasteiger partial charge in [-0.2, -0.15) is 0 Å². The lowest BCUT2D eigenvalue weighted by Gasteiger charge is -2.00. The first kappa shape index (κ1) is 9.72. The number of nitrogen functional groups attached to an aromatic ring is 1. The second kappa shape index (κ2) is 3.83. The molecule has 0 aliphatic heterocycles. The van der Waals surface area contributed by atoms with Crippen LogP contribution in [0.2, 0.25) is 0 Å². The molecule has 0 aromatic carbocycles. The van der Waals surface area contributed by atoms with E-state index in [0.717, 1.165) is 11.3 Å². The molecule has 0 atom stereocenters. The third kappa shape index (κ3) is 1.92. The van der Waals surface area contributed by atoms with E-state index in [2.05, 4.69) is 4.98 Å². The molecule has 0 radical (unpaired) electrons. The average molecular weight is 225 g/mol. The molecular formula is C13H11N3O. The Morgan fingerprint density at radius 2 is 2.12 bits per heavy atom. The summed E-state index contributed by atoms with van der Waals surface area (Å²) in [5, 5.41) is 0. The highest BCUT2D eigenvalue weighted by Gasteiger charge is 2.02. The first-order chi connectivity index (χ1) is 8.31. The summed E-state index contributed by atoms with van der Waals surface area (Å²) in [6.45, 7) is 0. The van der Waals surface area contributed by atoms with Crippen LogP contribution >= 0.6 is 0 Å². The van der Waals surface area contributed by atoms with E-state index in [0.29, 0.717) is 11.6 Å². The summed E-state index contributed by atoms with van der Waals surface area (Å²) in [7, 11) is 0. The van der Waals surface area contributed by atoms with Gasteiger partial charge >= 0.3 is 0 Å². The number of hydrogen-bond donors (Lipinski definition) is 1. The number of anilines is 1. The van der Waals surface area contributed by atoms with Crippen LogP contribution in [0.1, 0.15) is 0 Å². The molecule has 0 unspecified atom stereocenters. The van der Waals surface area contributed by atoms with Crippen molar-refractivity contribution in [2.75, 3.05) is 5.73 Å². The number of hydrogen-bond acceptors (Lipinski definition) is 3. The number of fused-ring (bicyclic) bond motifs is 1. The molecule has 2 N–H and O–H groups in total. The minimum absolute atomic E-state index is 0.537. The Balaban J connectivity index is 1.92. The lowest BCUT2D eigenvalue weighted by atomic mass is 10.4. The number of aromatic nitrogens is 2. The van der Waals surface area contributed by atoms with Crippen molar-refractivity contribution in [1.29, 1.82) is 0 Å². The standard InChI is InChI=1S/C13H11N3O/c14-10-4-5-13(15-8-10)17-12-7-11-3-1-2-6-16(11)9-12/h1-9H,14H2. The van der Waals surface area contributed by atoms with Gasteiger partial charge in [0.1, 0.15) is 5.75 Å². The fourth-order valence-corrected chi connectivity index (χ4v) is 1.66. The van der Waals surface area contributed by atoms with Crippen molar-refractivity contribution in [3.63, 3.8) is 0 Å². The summed E-state index contributed by atoms with van der Waals surface area (Å²) in [6, 6.07) is 11.4. The molecule has 17 heavy (non-hydrogen) atoms. The van der Waals surface area contributed by atoms with E-state index in [9.17, 15) is 0 Å². The number of ether oxygens (including phenoxy) is 1. The number of nitrogens with two attached hydrogens (primary N) is 1. The summed E-state index contributed by atoms with van der Waals surface area (Å²) in [4.78, 5) is 4.09. The highest BCUT2D eigenvalue weighted by atomic mass is 16.5. The summed E-state index contributed by atoms with van der Waals surface area (Å²) in [5.41, 5.74) is 7.27. The first-order valence-corrected chi connectivity index (χ1v) is 5.27. The molecule has 0 saturated carbocycles. The third-order valence-corrected chi connectivity index (χ3v) is 2.46. The maximum Gasteiger partial charge on any atom is 0.219 e. The summed E-state index contributed by atoms with van der Waals surface area (Å²) >= 11 is 0. The van der Waals surface area contributed by atoms with Crippen LogP contribution in [0.4, 0.5) is 5.69 Å². The average Bonchev–Trinajstić information content (AvgIpc) is 2.74. The van der Waals surface area contributed by atoms with Crippen molar-refractivity contribution in [2.45, 2.75) is 0 Å². The van der Waals surface area contributed by atoms with E-state index in [1.807, 2.05) is 41.1 Å². The van der Waals surface area contributed by atoms with Gasteiger partial charge in [0.05, 0.1) is 18.1 Å². The van der Waals surface area contributed by atoms with E-state index >= 15 is 0 Å². The van der Waals surface area contributed by atoms with E-state index in [-0.39, 0.29) is 0 Å². The van der Waals surface area contributed by atoms with Crippen LogP contribution in [-0.2, 0) is 0 Å². The third-order valence-electron chi connectivity index (χ3n) is 2.46. The fraction of sp³-hybridized carbons (Fsp3) is 0. The minimum Gasteiger partial charge on any atom is -0.437 e. The van der Waals surface area contributed by atoms with Crippen LogP contribution in [0.5, 0.6) is 11.6 Å².